The summed E-state index contributed by atoms with van der Waals surface area (Å²) in [6.45, 7) is 10.9. The van der Waals surface area contributed by atoms with Crippen LogP contribution in [-0.4, -0.2) is 48.0 Å². The van der Waals surface area contributed by atoms with E-state index >= 15 is 0 Å². The molecule has 1 fully saturated rings. The van der Waals surface area contributed by atoms with Crippen LogP contribution in [0.5, 0.6) is 0 Å². The largest absolute Gasteiger partial charge is 0.357 e. The molecule has 0 amide bonds. The number of guanidine groups is 1. The molecule has 1 aliphatic heterocycles. The van der Waals surface area contributed by atoms with Gasteiger partial charge in [0.2, 0.25) is 0 Å². The number of rotatable bonds is 5. The monoisotopic (exact) mass is 257 g/mol. The lowest BCUT2D eigenvalue weighted by atomic mass is 10.3. The SMILES string of the molecule is CCCCN=C(NCC)N1CCSC(CC)C1. The highest BCUT2D eigenvalue weighted by Crippen LogP contribution is 2.20. The molecule has 100 valence electrons. The van der Waals surface area contributed by atoms with Gasteiger partial charge in [-0.05, 0) is 19.8 Å². The summed E-state index contributed by atoms with van der Waals surface area (Å²) >= 11 is 2.11. The molecule has 1 aliphatic rings. The minimum absolute atomic E-state index is 0.777. The number of aliphatic imine (C=N–C) groups is 1. The van der Waals surface area contributed by atoms with Gasteiger partial charge in [-0.3, -0.25) is 4.99 Å². The molecule has 1 saturated heterocycles. The van der Waals surface area contributed by atoms with Gasteiger partial charge in [0.1, 0.15) is 0 Å². The van der Waals surface area contributed by atoms with Gasteiger partial charge < -0.3 is 10.2 Å². The minimum atomic E-state index is 0.777. The molecule has 1 atom stereocenters. The normalized spacial score (nSPS) is 21.7. The predicted octanol–water partition coefficient (Wildman–Crippen LogP) is 2.58. The van der Waals surface area contributed by atoms with Gasteiger partial charge in [0.15, 0.2) is 5.96 Å². The van der Waals surface area contributed by atoms with E-state index in [0.29, 0.717) is 0 Å². The maximum Gasteiger partial charge on any atom is 0.193 e. The van der Waals surface area contributed by atoms with Crippen LogP contribution in [-0.2, 0) is 0 Å². The smallest absolute Gasteiger partial charge is 0.193 e. The fraction of sp³-hybridized carbons (Fsp3) is 0.923. The molecule has 4 heteroatoms. The molecule has 1 N–H and O–H groups in total. The Balaban J connectivity index is 2.52. The van der Waals surface area contributed by atoms with Gasteiger partial charge in [0.25, 0.3) is 0 Å². The van der Waals surface area contributed by atoms with Crippen LogP contribution in [0.1, 0.15) is 40.0 Å². The van der Waals surface area contributed by atoms with Crippen molar-refractivity contribution < 1.29 is 0 Å². The summed E-state index contributed by atoms with van der Waals surface area (Å²) in [5.41, 5.74) is 0. The Morgan fingerprint density at radius 1 is 1.41 bits per heavy atom. The maximum absolute atomic E-state index is 4.72. The molecule has 3 nitrogen and oxygen atoms in total. The second-order valence-corrected chi connectivity index (χ2v) is 5.84. The van der Waals surface area contributed by atoms with Crippen molar-refractivity contribution in [3.8, 4) is 0 Å². The number of nitrogens with zero attached hydrogens (tertiary/aromatic N) is 2. The first-order valence-electron chi connectivity index (χ1n) is 6.96. The third-order valence-corrected chi connectivity index (χ3v) is 4.37. The zero-order valence-electron chi connectivity index (χ0n) is 11.5. The summed E-state index contributed by atoms with van der Waals surface area (Å²) in [6, 6.07) is 0. The highest BCUT2D eigenvalue weighted by molar-refractivity contribution is 8.00. The van der Waals surface area contributed by atoms with Gasteiger partial charge in [-0.1, -0.05) is 20.3 Å². The number of hydrogen-bond donors (Lipinski definition) is 1. The second-order valence-electron chi connectivity index (χ2n) is 4.44. The van der Waals surface area contributed by atoms with Crippen LogP contribution in [0, 0.1) is 0 Å². The van der Waals surface area contributed by atoms with Gasteiger partial charge in [-0.25, -0.2) is 0 Å². The van der Waals surface area contributed by atoms with Crippen LogP contribution in [0.4, 0.5) is 0 Å². The van der Waals surface area contributed by atoms with E-state index in [-0.39, 0.29) is 0 Å². The van der Waals surface area contributed by atoms with Crippen molar-refractivity contribution in [2.75, 3.05) is 31.9 Å². The summed E-state index contributed by atoms with van der Waals surface area (Å²) in [7, 11) is 0. The van der Waals surface area contributed by atoms with Crippen LogP contribution in [0.2, 0.25) is 0 Å². The van der Waals surface area contributed by atoms with E-state index in [1.807, 2.05) is 0 Å². The van der Waals surface area contributed by atoms with Crippen LogP contribution in [0.25, 0.3) is 0 Å². The fourth-order valence-electron chi connectivity index (χ4n) is 1.93. The zero-order valence-corrected chi connectivity index (χ0v) is 12.4. The molecule has 17 heavy (non-hydrogen) atoms. The average molecular weight is 257 g/mol. The van der Waals surface area contributed by atoms with Crippen molar-refractivity contribution in [1.29, 1.82) is 0 Å². The molecule has 1 heterocycles. The molecule has 0 saturated carbocycles. The number of unbranched alkanes of at least 4 members (excludes halogenated alkanes) is 1. The molecule has 0 aromatic rings. The first kappa shape index (κ1) is 14.7. The first-order chi connectivity index (χ1) is 8.31. The third kappa shape index (κ3) is 5.19. The molecular weight excluding hydrogens is 230 g/mol. The Labute approximate surface area is 110 Å². The lowest BCUT2D eigenvalue weighted by molar-refractivity contribution is 0.408. The molecular formula is C13H27N3S. The number of nitrogens with one attached hydrogen (secondary N) is 1. The minimum Gasteiger partial charge on any atom is -0.357 e. The van der Waals surface area contributed by atoms with E-state index in [1.165, 1.54) is 25.0 Å². The number of thioether (sulfide) groups is 1. The van der Waals surface area contributed by atoms with Gasteiger partial charge in [0.05, 0.1) is 0 Å². The first-order valence-corrected chi connectivity index (χ1v) is 8.01. The Kier molecular flexibility index (Phi) is 7.49. The number of hydrogen-bond acceptors (Lipinski definition) is 2. The Bertz CT molecular complexity index is 231. The molecule has 0 aromatic heterocycles. The molecule has 0 aliphatic carbocycles. The van der Waals surface area contributed by atoms with Crippen molar-refractivity contribution in [2.24, 2.45) is 4.99 Å². The van der Waals surface area contributed by atoms with Crippen LogP contribution >= 0.6 is 11.8 Å². The standard InChI is InChI=1S/C13H27N3S/c1-4-7-8-15-13(14-6-3)16-9-10-17-12(5-2)11-16/h12H,4-11H2,1-3H3,(H,14,15). The average Bonchev–Trinajstić information content (AvgIpc) is 2.38. The van der Waals surface area contributed by atoms with E-state index < -0.39 is 0 Å². The van der Waals surface area contributed by atoms with Crippen molar-refractivity contribution in [1.82, 2.24) is 10.2 Å². The van der Waals surface area contributed by atoms with Crippen molar-refractivity contribution in [3.05, 3.63) is 0 Å². The van der Waals surface area contributed by atoms with Gasteiger partial charge in [-0.15, -0.1) is 0 Å². The quantitative estimate of drug-likeness (QED) is 0.466. The maximum atomic E-state index is 4.72. The van der Waals surface area contributed by atoms with Crippen LogP contribution in [0.3, 0.4) is 0 Å². The van der Waals surface area contributed by atoms with E-state index in [9.17, 15) is 0 Å². The van der Waals surface area contributed by atoms with Crippen molar-refractivity contribution in [3.63, 3.8) is 0 Å². The molecule has 0 radical (unpaired) electrons. The summed E-state index contributed by atoms with van der Waals surface area (Å²) in [5.74, 6) is 2.36. The predicted molar refractivity (Wildman–Crippen MR) is 79.0 cm³/mol. The molecule has 1 unspecified atom stereocenters. The Morgan fingerprint density at radius 2 is 2.24 bits per heavy atom. The van der Waals surface area contributed by atoms with Gasteiger partial charge >= 0.3 is 0 Å². The molecule has 0 aromatic carbocycles. The van der Waals surface area contributed by atoms with Gasteiger partial charge in [0, 0.05) is 37.2 Å². The fourth-order valence-corrected chi connectivity index (χ4v) is 3.11. The highest BCUT2D eigenvalue weighted by atomic mass is 32.2. The van der Waals surface area contributed by atoms with Crippen LogP contribution < -0.4 is 5.32 Å². The van der Waals surface area contributed by atoms with E-state index in [2.05, 4.69) is 42.7 Å². The molecule has 0 bridgehead atoms. The topological polar surface area (TPSA) is 27.6 Å². The summed E-state index contributed by atoms with van der Waals surface area (Å²) in [6.07, 6.45) is 3.67. The van der Waals surface area contributed by atoms with E-state index in [4.69, 9.17) is 4.99 Å². The molecule has 0 spiro atoms. The summed E-state index contributed by atoms with van der Waals surface area (Å²) in [5, 5.41) is 4.20. The molecule has 1 rings (SSSR count). The summed E-state index contributed by atoms with van der Waals surface area (Å²) < 4.78 is 0. The Hall–Kier alpha value is -0.380. The zero-order chi connectivity index (χ0) is 12.5. The Morgan fingerprint density at radius 3 is 2.88 bits per heavy atom. The second kappa shape index (κ2) is 8.67. The highest BCUT2D eigenvalue weighted by Gasteiger charge is 2.21. The lowest BCUT2D eigenvalue weighted by Gasteiger charge is -2.34. The van der Waals surface area contributed by atoms with E-state index in [1.54, 1.807) is 0 Å². The van der Waals surface area contributed by atoms with Crippen molar-refractivity contribution >= 4 is 17.7 Å². The van der Waals surface area contributed by atoms with E-state index in [0.717, 1.165) is 37.4 Å². The van der Waals surface area contributed by atoms with Crippen molar-refractivity contribution in [2.45, 2.75) is 45.3 Å². The van der Waals surface area contributed by atoms with Crippen LogP contribution in [0.15, 0.2) is 4.99 Å². The van der Waals surface area contributed by atoms with Gasteiger partial charge in [-0.2, -0.15) is 11.8 Å². The third-order valence-electron chi connectivity index (χ3n) is 3.00. The summed E-state index contributed by atoms with van der Waals surface area (Å²) in [4.78, 5) is 7.15. The lowest BCUT2D eigenvalue weighted by Crippen LogP contribution is -2.48.